The Labute approximate surface area is 147 Å². The van der Waals surface area contributed by atoms with Crippen molar-refractivity contribution in [2.45, 2.75) is 6.42 Å². The number of benzene rings is 1. The van der Waals surface area contributed by atoms with Crippen molar-refractivity contribution < 1.29 is 9.59 Å². The van der Waals surface area contributed by atoms with E-state index in [4.69, 9.17) is 11.6 Å². The lowest BCUT2D eigenvalue weighted by atomic mass is 10.1. The van der Waals surface area contributed by atoms with Crippen molar-refractivity contribution in [3.63, 3.8) is 0 Å². The van der Waals surface area contributed by atoms with Gasteiger partial charge in [-0.15, -0.1) is 0 Å². The number of anilines is 1. The molecule has 0 saturated carbocycles. The minimum Gasteiger partial charge on any atom is -0.368 e. The number of hydrogen-bond acceptors (Lipinski definition) is 4. The summed E-state index contributed by atoms with van der Waals surface area (Å²) in [6, 6.07) is 7.75. The van der Waals surface area contributed by atoms with Crippen LogP contribution in [0.4, 0.5) is 5.69 Å². The maximum Gasteiger partial charge on any atom is 0.242 e. The molecule has 2 N–H and O–H groups in total. The van der Waals surface area contributed by atoms with E-state index in [0.717, 1.165) is 36.8 Å². The van der Waals surface area contributed by atoms with Crippen molar-refractivity contribution in [1.29, 1.82) is 0 Å². The second kappa shape index (κ2) is 7.85. The monoisotopic (exact) mass is 350 g/mol. The normalized spacial score (nSPS) is 21.0. The first kappa shape index (κ1) is 17.0. The summed E-state index contributed by atoms with van der Waals surface area (Å²) in [4.78, 5) is 28.3. The van der Waals surface area contributed by atoms with Gasteiger partial charge in [0.15, 0.2) is 0 Å². The topological polar surface area (TPSA) is 64.7 Å². The second-order valence-electron chi connectivity index (χ2n) is 6.26. The number of nitrogens with one attached hydrogen (secondary N) is 2. The number of carbonyl (C=O) groups excluding carboxylic acids is 2. The fourth-order valence-electron chi connectivity index (χ4n) is 3.18. The average Bonchev–Trinajstić information content (AvgIpc) is 3.14. The molecule has 3 rings (SSSR count). The molecule has 7 heteroatoms. The third-order valence-corrected chi connectivity index (χ3v) is 4.89. The molecule has 2 aliphatic rings. The van der Waals surface area contributed by atoms with Crippen molar-refractivity contribution in [2.24, 2.45) is 5.92 Å². The molecule has 2 fully saturated rings. The fraction of sp³-hybridized carbons (Fsp3) is 0.529. The first-order valence-corrected chi connectivity index (χ1v) is 8.78. The van der Waals surface area contributed by atoms with Crippen LogP contribution in [0.2, 0.25) is 5.02 Å². The van der Waals surface area contributed by atoms with E-state index in [2.05, 4.69) is 15.5 Å². The molecule has 2 amide bonds. The number of amides is 2. The van der Waals surface area contributed by atoms with Gasteiger partial charge in [-0.2, -0.15) is 0 Å². The standard InChI is InChI=1S/C17H23ClN4O2/c18-14-2-1-3-15(10-14)21-6-8-22(9-7-21)16(23)12-20-17(24)13-4-5-19-11-13/h1-3,10,13,19H,4-9,11-12H2,(H,20,24). The number of rotatable bonds is 4. The summed E-state index contributed by atoms with van der Waals surface area (Å²) in [5.74, 6) is -0.0385. The molecule has 2 aliphatic heterocycles. The Balaban J connectivity index is 1.44. The van der Waals surface area contributed by atoms with Gasteiger partial charge < -0.3 is 20.4 Å². The molecule has 0 bridgehead atoms. The van der Waals surface area contributed by atoms with Crippen LogP contribution in [0.1, 0.15) is 6.42 Å². The van der Waals surface area contributed by atoms with Crippen LogP contribution in [0.3, 0.4) is 0 Å². The van der Waals surface area contributed by atoms with Crippen LogP contribution in [0, 0.1) is 5.92 Å². The maximum atomic E-state index is 12.3. The highest BCUT2D eigenvalue weighted by Crippen LogP contribution is 2.20. The van der Waals surface area contributed by atoms with E-state index in [9.17, 15) is 9.59 Å². The first-order chi connectivity index (χ1) is 11.6. The Morgan fingerprint density at radius 2 is 2.04 bits per heavy atom. The molecule has 1 atom stereocenters. The summed E-state index contributed by atoms with van der Waals surface area (Å²) >= 11 is 6.03. The Bertz CT molecular complexity index is 596. The van der Waals surface area contributed by atoms with E-state index in [1.54, 1.807) is 0 Å². The van der Waals surface area contributed by atoms with Gasteiger partial charge in [0.1, 0.15) is 0 Å². The van der Waals surface area contributed by atoms with Crippen LogP contribution < -0.4 is 15.5 Å². The molecule has 2 saturated heterocycles. The van der Waals surface area contributed by atoms with Crippen molar-refractivity contribution in [3.05, 3.63) is 29.3 Å². The maximum absolute atomic E-state index is 12.3. The van der Waals surface area contributed by atoms with Gasteiger partial charge in [0.2, 0.25) is 11.8 Å². The minimum absolute atomic E-state index is 0.00234. The van der Waals surface area contributed by atoms with Crippen molar-refractivity contribution in [2.75, 3.05) is 50.7 Å². The number of piperazine rings is 1. The molecule has 0 aliphatic carbocycles. The zero-order chi connectivity index (χ0) is 16.9. The molecule has 6 nitrogen and oxygen atoms in total. The minimum atomic E-state index is -0.0223. The van der Waals surface area contributed by atoms with E-state index in [-0.39, 0.29) is 24.3 Å². The molecule has 1 unspecified atom stereocenters. The van der Waals surface area contributed by atoms with Crippen LogP contribution in [-0.4, -0.2) is 62.5 Å². The van der Waals surface area contributed by atoms with Gasteiger partial charge in [-0.05, 0) is 31.2 Å². The van der Waals surface area contributed by atoms with Crippen LogP contribution in [0.15, 0.2) is 24.3 Å². The van der Waals surface area contributed by atoms with E-state index in [1.807, 2.05) is 29.2 Å². The summed E-state index contributed by atoms with van der Waals surface area (Å²) in [6.45, 7) is 4.53. The SMILES string of the molecule is O=C(NCC(=O)N1CCN(c2cccc(Cl)c2)CC1)C1CCNC1. The third-order valence-electron chi connectivity index (χ3n) is 4.65. The van der Waals surface area contributed by atoms with Gasteiger partial charge in [-0.3, -0.25) is 9.59 Å². The molecule has 1 aromatic rings. The zero-order valence-electron chi connectivity index (χ0n) is 13.6. The Hall–Kier alpha value is -1.79. The van der Waals surface area contributed by atoms with Gasteiger partial charge >= 0.3 is 0 Å². The lowest BCUT2D eigenvalue weighted by molar-refractivity contribution is -0.134. The number of nitrogens with zero attached hydrogens (tertiary/aromatic N) is 2. The average molecular weight is 351 g/mol. The lowest BCUT2D eigenvalue weighted by Gasteiger charge is -2.36. The van der Waals surface area contributed by atoms with E-state index in [0.29, 0.717) is 19.6 Å². The summed E-state index contributed by atoms with van der Waals surface area (Å²) in [6.07, 6.45) is 0.846. The van der Waals surface area contributed by atoms with Crippen molar-refractivity contribution in [3.8, 4) is 0 Å². The largest absolute Gasteiger partial charge is 0.368 e. The van der Waals surface area contributed by atoms with Crippen molar-refractivity contribution >= 4 is 29.1 Å². The Morgan fingerprint density at radius 1 is 1.25 bits per heavy atom. The quantitative estimate of drug-likeness (QED) is 0.839. The highest BCUT2D eigenvalue weighted by molar-refractivity contribution is 6.30. The van der Waals surface area contributed by atoms with E-state index >= 15 is 0 Å². The Morgan fingerprint density at radius 3 is 2.71 bits per heavy atom. The van der Waals surface area contributed by atoms with Crippen LogP contribution in [-0.2, 0) is 9.59 Å². The Kier molecular flexibility index (Phi) is 5.58. The molecule has 24 heavy (non-hydrogen) atoms. The summed E-state index contributed by atoms with van der Waals surface area (Å²) in [5.41, 5.74) is 1.08. The predicted molar refractivity (Wildman–Crippen MR) is 94.2 cm³/mol. The first-order valence-electron chi connectivity index (χ1n) is 8.40. The predicted octanol–water partition coefficient (Wildman–Crippen LogP) is 0.714. The van der Waals surface area contributed by atoms with Crippen LogP contribution in [0.5, 0.6) is 0 Å². The molecular weight excluding hydrogens is 328 g/mol. The summed E-state index contributed by atoms with van der Waals surface area (Å²) in [5, 5.41) is 6.65. The van der Waals surface area contributed by atoms with Crippen LogP contribution in [0.25, 0.3) is 0 Å². The van der Waals surface area contributed by atoms with Gasteiger partial charge in [0, 0.05) is 43.4 Å². The molecule has 130 valence electrons. The van der Waals surface area contributed by atoms with Crippen LogP contribution >= 0.6 is 11.6 Å². The lowest BCUT2D eigenvalue weighted by Crippen LogP contribution is -2.51. The molecule has 2 heterocycles. The van der Waals surface area contributed by atoms with E-state index < -0.39 is 0 Å². The van der Waals surface area contributed by atoms with Gasteiger partial charge in [0.25, 0.3) is 0 Å². The summed E-state index contributed by atoms with van der Waals surface area (Å²) < 4.78 is 0. The van der Waals surface area contributed by atoms with Gasteiger partial charge in [-0.1, -0.05) is 17.7 Å². The number of hydrogen-bond donors (Lipinski definition) is 2. The van der Waals surface area contributed by atoms with Gasteiger partial charge in [0.05, 0.1) is 12.5 Å². The number of halogens is 1. The highest BCUT2D eigenvalue weighted by Gasteiger charge is 2.25. The molecular formula is C17H23ClN4O2. The zero-order valence-corrected chi connectivity index (χ0v) is 14.4. The smallest absolute Gasteiger partial charge is 0.242 e. The molecule has 1 aromatic carbocycles. The summed E-state index contributed by atoms with van der Waals surface area (Å²) in [7, 11) is 0. The van der Waals surface area contributed by atoms with Gasteiger partial charge in [-0.25, -0.2) is 0 Å². The second-order valence-corrected chi connectivity index (χ2v) is 6.69. The van der Waals surface area contributed by atoms with Crippen molar-refractivity contribution in [1.82, 2.24) is 15.5 Å². The third kappa shape index (κ3) is 4.19. The molecule has 0 radical (unpaired) electrons. The highest BCUT2D eigenvalue weighted by atomic mass is 35.5. The van der Waals surface area contributed by atoms with E-state index in [1.165, 1.54) is 0 Å². The molecule has 0 aromatic heterocycles. The fourth-order valence-corrected chi connectivity index (χ4v) is 3.37. The number of carbonyl (C=O) groups is 2. The molecule has 0 spiro atoms.